The Bertz CT molecular complexity index is 1470. The number of ether oxygens (including phenoxy) is 1. The minimum Gasteiger partial charge on any atom is -0.423 e. The number of hydrogen-bond acceptors (Lipinski definition) is 5. The maximum absolute atomic E-state index is 13.5. The van der Waals surface area contributed by atoms with E-state index in [-0.39, 0.29) is 17.1 Å². The number of rotatable bonds is 3. The first-order valence-corrected chi connectivity index (χ1v) is 11.5. The molecule has 6 heteroatoms. The average Bonchev–Trinajstić information content (AvgIpc) is 3.16. The van der Waals surface area contributed by atoms with E-state index in [1.54, 1.807) is 24.3 Å². The summed E-state index contributed by atoms with van der Waals surface area (Å²) in [6.07, 6.45) is 1.97. The van der Waals surface area contributed by atoms with Gasteiger partial charge in [-0.25, -0.2) is 9.18 Å². The molecule has 0 aromatic heterocycles. The van der Waals surface area contributed by atoms with Crippen molar-refractivity contribution < 1.29 is 23.5 Å². The maximum Gasteiger partial charge on any atom is 0.343 e. The Kier molecular flexibility index (Phi) is 4.95. The number of carbonyl (C=O) groups excluding carboxylic acids is 3. The number of allylic oxidation sites excluding steroid dienone is 3. The van der Waals surface area contributed by atoms with Crippen LogP contribution >= 0.6 is 0 Å². The van der Waals surface area contributed by atoms with E-state index >= 15 is 0 Å². The molecule has 0 amide bonds. The summed E-state index contributed by atoms with van der Waals surface area (Å²) in [5.74, 6) is -1.24. The third-order valence-corrected chi connectivity index (χ3v) is 6.77. The van der Waals surface area contributed by atoms with Gasteiger partial charge in [-0.1, -0.05) is 36.4 Å². The van der Waals surface area contributed by atoms with Gasteiger partial charge >= 0.3 is 5.97 Å². The van der Waals surface area contributed by atoms with E-state index in [0.717, 1.165) is 35.4 Å². The van der Waals surface area contributed by atoms with Gasteiger partial charge in [0.1, 0.15) is 11.6 Å². The fourth-order valence-corrected chi connectivity index (χ4v) is 5.15. The lowest BCUT2D eigenvalue weighted by Gasteiger charge is -2.33. The van der Waals surface area contributed by atoms with Crippen molar-refractivity contribution >= 4 is 23.2 Å². The molecule has 2 aliphatic carbocycles. The van der Waals surface area contributed by atoms with Crippen molar-refractivity contribution in [2.24, 2.45) is 0 Å². The van der Waals surface area contributed by atoms with Gasteiger partial charge in [-0.3, -0.25) is 9.59 Å². The zero-order valence-electron chi connectivity index (χ0n) is 18.6. The Hall–Kier alpha value is -4.32. The number of Topliss-reactive ketones (excluding diaryl/α,β-unsaturated/α-hetero) is 2. The third kappa shape index (κ3) is 3.49. The summed E-state index contributed by atoms with van der Waals surface area (Å²) in [5, 5.41) is 3.42. The molecule has 3 aliphatic rings. The maximum atomic E-state index is 13.5. The minimum absolute atomic E-state index is 0.0471. The van der Waals surface area contributed by atoms with E-state index in [1.807, 2.05) is 24.3 Å². The molecular formula is C29H20FNO4. The van der Waals surface area contributed by atoms with Crippen LogP contribution < -0.4 is 10.1 Å². The van der Waals surface area contributed by atoms with Crippen LogP contribution in [0.4, 0.5) is 4.39 Å². The van der Waals surface area contributed by atoms with Crippen molar-refractivity contribution in [1.29, 1.82) is 0 Å². The molecule has 3 aromatic carbocycles. The highest BCUT2D eigenvalue weighted by atomic mass is 19.1. The quantitative estimate of drug-likeness (QED) is 0.417. The number of fused-ring (bicyclic) bond motifs is 2. The molecule has 1 N–H and O–H groups in total. The van der Waals surface area contributed by atoms with Crippen LogP contribution in [0.3, 0.4) is 0 Å². The Balaban J connectivity index is 1.37. The van der Waals surface area contributed by atoms with Crippen LogP contribution in [0.1, 0.15) is 57.0 Å². The standard InChI is InChI=1S/C29H20FNO4/c30-18-12-8-17(9-13-18)29(34)35-19-14-10-16(11-15-19)24-25-22(6-3-7-23(25)32)31-27-20-4-1-2-5-21(20)28(33)26(24)27/h1-2,4-5,8-15,24,31H,3,6-7H2/t24-/m0/s1. The minimum atomic E-state index is -0.599. The molecule has 0 saturated carbocycles. The summed E-state index contributed by atoms with van der Waals surface area (Å²) in [4.78, 5) is 38.9. The van der Waals surface area contributed by atoms with Crippen molar-refractivity contribution in [3.05, 3.63) is 118 Å². The van der Waals surface area contributed by atoms with Gasteiger partial charge in [0.25, 0.3) is 0 Å². The molecule has 0 bridgehead atoms. The van der Waals surface area contributed by atoms with E-state index in [1.165, 1.54) is 24.3 Å². The monoisotopic (exact) mass is 465 g/mol. The SMILES string of the molecule is O=C1CCCC2=C1[C@H](c1ccc(OC(=O)c3ccc(F)cc3)cc1)C1=C(N2)c2ccccc2C1=O. The summed E-state index contributed by atoms with van der Waals surface area (Å²) in [5.41, 5.74) is 5.38. The molecular weight excluding hydrogens is 445 g/mol. The second kappa shape index (κ2) is 8.17. The highest BCUT2D eigenvalue weighted by molar-refractivity contribution is 6.23. The number of dihydropyridines is 1. The lowest BCUT2D eigenvalue weighted by atomic mass is 9.75. The molecule has 1 atom stereocenters. The van der Waals surface area contributed by atoms with E-state index in [0.29, 0.717) is 28.9 Å². The highest BCUT2D eigenvalue weighted by Crippen LogP contribution is 2.48. The van der Waals surface area contributed by atoms with E-state index in [2.05, 4.69) is 5.32 Å². The number of hydrogen-bond donors (Lipinski definition) is 1. The number of halogens is 1. The van der Waals surface area contributed by atoms with Crippen molar-refractivity contribution in [2.75, 3.05) is 0 Å². The van der Waals surface area contributed by atoms with Crippen LogP contribution in [0.15, 0.2) is 89.6 Å². The number of carbonyl (C=O) groups is 3. The third-order valence-electron chi connectivity index (χ3n) is 6.77. The normalized spacial score (nSPS) is 18.6. The van der Waals surface area contributed by atoms with E-state index in [4.69, 9.17) is 4.74 Å². The van der Waals surface area contributed by atoms with Gasteiger partial charge in [0.2, 0.25) is 0 Å². The van der Waals surface area contributed by atoms with E-state index in [9.17, 15) is 18.8 Å². The predicted molar refractivity (Wildman–Crippen MR) is 127 cm³/mol. The molecule has 172 valence electrons. The summed E-state index contributed by atoms with van der Waals surface area (Å²) in [6.45, 7) is 0. The molecule has 6 rings (SSSR count). The first kappa shape index (κ1) is 21.2. The smallest absolute Gasteiger partial charge is 0.343 e. The van der Waals surface area contributed by atoms with Gasteiger partial charge < -0.3 is 10.1 Å². The lowest BCUT2D eigenvalue weighted by molar-refractivity contribution is -0.116. The molecule has 0 fully saturated rings. The number of ketones is 2. The van der Waals surface area contributed by atoms with Crippen LogP contribution in [-0.4, -0.2) is 17.5 Å². The fourth-order valence-electron chi connectivity index (χ4n) is 5.15. The van der Waals surface area contributed by atoms with Crippen LogP contribution in [-0.2, 0) is 4.79 Å². The van der Waals surface area contributed by atoms with Crippen molar-refractivity contribution in [3.63, 3.8) is 0 Å². The first-order chi connectivity index (χ1) is 17.0. The molecule has 35 heavy (non-hydrogen) atoms. The summed E-state index contributed by atoms with van der Waals surface area (Å²) in [7, 11) is 0. The molecule has 0 spiro atoms. The van der Waals surface area contributed by atoms with Gasteiger partial charge in [-0.15, -0.1) is 0 Å². The van der Waals surface area contributed by atoms with Gasteiger partial charge in [-0.05, 0) is 54.8 Å². The number of benzene rings is 3. The van der Waals surface area contributed by atoms with Crippen molar-refractivity contribution in [3.8, 4) is 5.75 Å². The zero-order valence-corrected chi connectivity index (χ0v) is 18.6. The van der Waals surface area contributed by atoms with E-state index < -0.39 is 17.7 Å². The topological polar surface area (TPSA) is 72.5 Å². The molecule has 0 radical (unpaired) electrons. The summed E-state index contributed by atoms with van der Waals surface area (Å²) < 4.78 is 18.6. The summed E-state index contributed by atoms with van der Waals surface area (Å²) >= 11 is 0. The van der Waals surface area contributed by atoms with Crippen LogP contribution in [0.25, 0.3) is 5.70 Å². The van der Waals surface area contributed by atoms with Gasteiger partial charge in [0.15, 0.2) is 11.6 Å². The lowest BCUT2D eigenvalue weighted by Crippen LogP contribution is -2.31. The molecule has 3 aromatic rings. The van der Waals surface area contributed by atoms with Gasteiger partial charge in [0, 0.05) is 40.3 Å². The molecule has 1 heterocycles. The predicted octanol–water partition coefficient (Wildman–Crippen LogP) is 5.35. The fraction of sp³-hybridized carbons (Fsp3) is 0.138. The van der Waals surface area contributed by atoms with Crippen LogP contribution in [0.5, 0.6) is 5.75 Å². The first-order valence-electron chi connectivity index (χ1n) is 11.5. The molecule has 0 saturated heterocycles. The van der Waals surface area contributed by atoms with Gasteiger partial charge in [0.05, 0.1) is 11.3 Å². The average molecular weight is 465 g/mol. The number of esters is 1. The Morgan fingerprint density at radius 1 is 0.857 bits per heavy atom. The second-order valence-electron chi connectivity index (χ2n) is 8.86. The Morgan fingerprint density at radius 3 is 2.31 bits per heavy atom. The zero-order chi connectivity index (χ0) is 24.1. The Labute approximate surface area is 200 Å². The molecule has 0 unspecified atom stereocenters. The second-order valence-corrected chi connectivity index (χ2v) is 8.86. The van der Waals surface area contributed by atoms with Crippen LogP contribution in [0, 0.1) is 5.82 Å². The van der Waals surface area contributed by atoms with Gasteiger partial charge in [-0.2, -0.15) is 0 Å². The molecule has 5 nitrogen and oxygen atoms in total. The summed E-state index contributed by atoms with van der Waals surface area (Å²) in [6, 6.07) is 19.5. The largest absolute Gasteiger partial charge is 0.423 e. The van der Waals surface area contributed by atoms with Crippen molar-refractivity contribution in [1.82, 2.24) is 5.32 Å². The van der Waals surface area contributed by atoms with Crippen molar-refractivity contribution in [2.45, 2.75) is 25.2 Å². The number of nitrogens with one attached hydrogen (secondary N) is 1. The molecule has 1 aliphatic heterocycles. The van der Waals surface area contributed by atoms with Crippen LogP contribution in [0.2, 0.25) is 0 Å². The highest BCUT2D eigenvalue weighted by Gasteiger charge is 2.43. The Morgan fingerprint density at radius 2 is 1.57 bits per heavy atom.